The molecule has 0 bridgehead atoms. The molecule has 4 nitrogen and oxygen atoms in total. The summed E-state index contributed by atoms with van der Waals surface area (Å²) in [4.78, 5) is 15.6. The molecule has 4 heteroatoms. The first-order valence-corrected chi connectivity index (χ1v) is 18.8. The summed E-state index contributed by atoms with van der Waals surface area (Å²) < 4.78 is 6.49. The molecule has 0 saturated heterocycles. The van der Waals surface area contributed by atoms with Gasteiger partial charge in [0.15, 0.2) is 17.5 Å². The maximum absolute atomic E-state index is 6.49. The number of hydrogen-bond donors (Lipinski definition) is 0. The fourth-order valence-electron chi connectivity index (χ4n) is 7.80. The summed E-state index contributed by atoms with van der Waals surface area (Å²) in [5.74, 6) is 1.76. The van der Waals surface area contributed by atoms with Crippen molar-refractivity contribution in [1.29, 1.82) is 0 Å². The predicted octanol–water partition coefficient (Wildman–Crippen LogP) is 13.7. The molecular weight excluding hydrogens is 671 g/mol. The van der Waals surface area contributed by atoms with Crippen LogP contribution in [-0.2, 0) is 5.41 Å². The second kappa shape index (κ2) is 12.9. The highest BCUT2D eigenvalue weighted by molar-refractivity contribution is 6.14. The third kappa shape index (κ3) is 5.84. The van der Waals surface area contributed by atoms with E-state index >= 15 is 0 Å². The standard InChI is InChI=1S/C51H37N3O/c1-51(2,3)39-28-26-32(27-29-39)35-14-8-16-37(30-35)48-52-49(54-50(53-48)44-22-11-21-43-42-19-6-7-23-45(42)55-47(43)44)38-17-9-15-36(31-38)41-20-10-13-34-25-24-33-12-4-5-18-40(33)46(34)41/h4-31H,1-3H3. The van der Waals surface area contributed by atoms with E-state index in [4.69, 9.17) is 19.4 Å². The molecule has 0 amide bonds. The quantitative estimate of drug-likeness (QED) is 0.167. The lowest BCUT2D eigenvalue weighted by Crippen LogP contribution is -2.10. The molecule has 2 aromatic heterocycles. The van der Waals surface area contributed by atoms with Crippen molar-refractivity contribution in [3.63, 3.8) is 0 Å². The van der Waals surface area contributed by atoms with Gasteiger partial charge < -0.3 is 4.42 Å². The van der Waals surface area contributed by atoms with Crippen LogP contribution < -0.4 is 0 Å². The van der Waals surface area contributed by atoms with E-state index in [1.807, 2.05) is 24.3 Å². The van der Waals surface area contributed by atoms with Crippen molar-refractivity contribution in [1.82, 2.24) is 15.0 Å². The van der Waals surface area contributed by atoms with Crippen molar-refractivity contribution < 1.29 is 4.42 Å². The summed E-state index contributed by atoms with van der Waals surface area (Å²) in [5, 5.41) is 6.99. The number of hydrogen-bond acceptors (Lipinski definition) is 4. The zero-order chi connectivity index (χ0) is 37.1. The Labute approximate surface area is 319 Å². The second-order valence-electron chi connectivity index (χ2n) is 15.3. The molecule has 10 rings (SSSR count). The maximum Gasteiger partial charge on any atom is 0.167 e. The van der Waals surface area contributed by atoms with Crippen molar-refractivity contribution in [2.75, 3.05) is 0 Å². The van der Waals surface area contributed by atoms with Crippen LogP contribution in [0.4, 0.5) is 0 Å². The van der Waals surface area contributed by atoms with Crippen molar-refractivity contribution in [2.45, 2.75) is 26.2 Å². The van der Waals surface area contributed by atoms with Gasteiger partial charge in [-0.2, -0.15) is 0 Å². The molecule has 0 fully saturated rings. The number of para-hydroxylation sites is 2. The Morgan fingerprint density at radius 2 is 0.964 bits per heavy atom. The minimum absolute atomic E-state index is 0.0828. The highest BCUT2D eigenvalue weighted by Crippen LogP contribution is 2.38. The molecule has 0 radical (unpaired) electrons. The van der Waals surface area contributed by atoms with Gasteiger partial charge in [0.25, 0.3) is 0 Å². The van der Waals surface area contributed by atoms with Crippen LogP contribution in [0.15, 0.2) is 174 Å². The lowest BCUT2D eigenvalue weighted by molar-refractivity contribution is 0.590. The van der Waals surface area contributed by atoms with Gasteiger partial charge in [-0.15, -0.1) is 0 Å². The molecule has 0 aliphatic rings. The number of aromatic nitrogens is 3. The Bertz CT molecular complexity index is 3080. The molecule has 262 valence electrons. The van der Waals surface area contributed by atoms with E-state index in [1.54, 1.807) is 0 Å². The van der Waals surface area contributed by atoms with Gasteiger partial charge in [0, 0.05) is 21.9 Å². The van der Waals surface area contributed by atoms with E-state index in [1.165, 1.54) is 32.7 Å². The van der Waals surface area contributed by atoms with Gasteiger partial charge in [-0.25, -0.2) is 15.0 Å². The second-order valence-corrected chi connectivity index (χ2v) is 15.3. The van der Waals surface area contributed by atoms with Crippen LogP contribution >= 0.6 is 0 Å². The first-order chi connectivity index (χ1) is 26.9. The molecule has 0 spiro atoms. The van der Waals surface area contributed by atoms with E-state index < -0.39 is 0 Å². The average molecular weight is 708 g/mol. The normalized spacial score (nSPS) is 11.9. The predicted molar refractivity (Wildman–Crippen MR) is 228 cm³/mol. The summed E-state index contributed by atoms with van der Waals surface area (Å²) >= 11 is 0. The van der Waals surface area contributed by atoms with E-state index in [-0.39, 0.29) is 5.41 Å². The fourth-order valence-corrected chi connectivity index (χ4v) is 7.80. The van der Waals surface area contributed by atoms with Gasteiger partial charge in [0.1, 0.15) is 11.2 Å². The Hall–Kier alpha value is -6.91. The molecule has 10 aromatic rings. The zero-order valence-corrected chi connectivity index (χ0v) is 30.9. The Balaban J connectivity index is 1.16. The molecule has 2 heterocycles. The average Bonchev–Trinajstić information content (AvgIpc) is 3.62. The Morgan fingerprint density at radius 3 is 1.75 bits per heavy atom. The summed E-state index contributed by atoms with van der Waals surface area (Å²) in [6.07, 6.45) is 0. The molecule has 0 aliphatic carbocycles. The highest BCUT2D eigenvalue weighted by atomic mass is 16.3. The smallest absolute Gasteiger partial charge is 0.167 e. The molecule has 0 saturated carbocycles. The maximum atomic E-state index is 6.49. The van der Waals surface area contributed by atoms with E-state index in [9.17, 15) is 0 Å². The summed E-state index contributed by atoms with van der Waals surface area (Å²) in [6.45, 7) is 6.72. The SMILES string of the molecule is CC(C)(C)c1ccc(-c2cccc(-c3nc(-c4cccc(-c5cccc6ccc7ccccc7c56)c4)nc(-c4cccc5c4oc4ccccc45)n3)c2)cc1. The number of rotatable bonds is 5. The number of furan rings is 1. The largest absolute Gasteiger partial charge is 0.455 e. The number of benzene rings is 8. The topological polar surface area (TPSA) is 51.8 Å². The minimum Gasteiger partial charge on any atom is -0.455 e. The zero-order valence-electron chi connectivity index (χ0n) is 30.9. The Morgan fingerprint density at radius 1 is 0.400 bits per heavy atom. The summed E-state index contributed by atoms with van der Waals surface area (Å²) in [6, 6.07) is 59.7. The van der Waals surface area contributed by atoms with E-state index in [0.29, 0.717) is 17.5 Å². The number of fused-ring (bicyclic) bond motifs is 6. The van der Waals surface area contributed by atoms with Crippen LogP contribution in [0.3, 0.4) is 0 Å². The van der Waals surface area contributed by atoms with Crippen LogP contribution in [0.2, 0.25) is 0 Å². The van der Waals surface area contributed by atoms with Crippen molar-refractivity contribution in [3.05, 3.63) is 175 Å². The van der Waals surface area contributed by atoms with Crippen molar-refractivity contribution >= 4 is 43.5 Å². The van der Waals surface area contributed by atoms with Gasteiger partial charge in [-0.05, 0) is 79.0 Å². The third-order valence-electron chi connectivity index (χ3n) is 10.7. The van der Waals surface area contributed by atoms with Gasteiger partial charge in [0.2, 0.25) is 0 Å². The molecule has 0 aliphatic heterocycles. The fraction of sp³-hybridized carbons (Fsp3) is 0.0784. The van der Waals surface area contributed by atoms with Crippen LogP contribution in [0, 0.1) is 0 Å². The summed E-state index contributed by atoms with van der Waals surface area (Å²) in [5.41, 5.74) is 10.1. The molecular formula is C51H37N3O. The molecule has 55 heavy (non-hydrogen) atoms. The van der Waals surface area contributed by atoms with Crippen molar-refractivity contribution in [3.8, 4) is 56.4 Å². The molecule has 0 unspecified atom stereocenters. The summed E-state index contributed by atoms with van der Waals surface area (Å²) in [7, 11) is 0. The van der Waals surface area contributed by atoms with Crippen molar-refractivity contribution in [2.24, 2.45) is 0 Å². The molecule has 0 atom stereocenters. The highest BCUT2D eigenvalue weighted by Gasteiger charge is 2.19. The van der Waals surface area contributed by atoms with E-state index in [0.717, 1.165) is 55.3 Å². The lowest BCUT2D eigenvalue weighted by Gasteiger charge is -2.19. The molecule has 0 N–H and O–H groups in total. The van der Waals surface area contributed by atoms with Crippen LogP contribution in [0.5, 0.6) is 0 Å². The van der Waals surface area contributed by atoms with Gasteiger partial charge >= 0.3 is 0 Å². The Kier molecular flexibility index (Phi) is 7.67. The first-order valence-electron chi connectivity index (χ1n) is 18.8. The minimum atomic E-state index is 0.0828. The van der Waals surface area contributed by atoms with Crippen LogP contribution in [0.1, 0.15) is 26.3 Å². The number of nitrogens with zero attached hydrogens (tertiary/aromatic N) is 3. The van der Waals surface area contributed by atoms with Gasteiger partial charge in [-0.3, -0.25) is 0 Å². The van der Waals surface area contributed by atoms with Gasteiger partial charge in [-0.1, -0.05) is 166 Å². The van der Waals surface area contributed by atoms with Gasteiger partial charge in [0.05, 0.1) is 5.56 Å². The van der Waals surface area contributed by atoms with Crippen LogP contribution in [0.25, 0.3) is 99.9 Å². The third-order valence-corrected chi connectivity index (χ3v) is 10.7. The lowest BCUT2D eigenvalue weighted by atomic mass is 9.86. The van der Waals surface area contributed by atoms with E-state index in [2.05, 4.69) is 166 Å². The van der Waals surface area contributed by atoms with Crippen LogP contribution in [-0.4, -0.2) is 15.0 Å². The molecule has 8 aromatic carbocycles. The monoisotopic (exact) mass is 707 g/mol. The first kappa shape index (κ1) is 32.7.